The van der Waals surface area contributed by atoms with E-state index in [1.165, 1.54) is 4.31 Å². The molecule has 0 bridgehead atoms. The van der Waals surface area contributed by atoms with Gasteiger partial charge in [0.15, 0.2) is 0 Å². The molecule has 1 heterocycles. The van der Waals surface area contributed by atoms with Gasteiger partial charge in [-0.25, -0.2) is 14.0 Å². The van der Waals surface area contributed by atoms with Crippen molar-refractivity contribution in [3.8, 4) is 0 Å². The average molecular weight is 522 g/mol. The molecule has 1 aliphatic rings. The second-order valence-electron chi connectivity index (χ2n) is 6.13. The number of aryl methyl sites for hydroxylation is 1. The Hall–Kier alpha value is -1.48. The maximum Gasteiger partial charge on any atom is 0.243 e. The van der Waals surface area contributed by atoms with Crippen LogP contribution in [0.2, 0.25) is 0 Å². The van der Waals surface area contributed by atoms with Crippen molar-refractivity contribution in [1.82, 2.24) is 4.31 Å². The van der Waals surface area contributed by atoms with Crippen LogP contribution in [-0.4, -0.2) is 25.8 Å². The van der Waals surface area contributed by atoms with Gasteiger partial charge in [-0.3, -0.25) is 0 Å². The van der Waals surface area contributed by atoms with Crippen LogP contribution in [0.5, 0.6) is 0 Å². The first-order valence-corrected chi connectivity index (χ1v) is 9.26. The van der Waals surface area contributed by atoms with Gasteiger partial charge in [-0.15, -0.1) is 0 Å². The van der Waals surface area contributed by atoms with Crippen molar-refractivity contribution in [2.75, 3.05) is 13.1 Å². The van der Waals surface area contributed by atoms with Gasteiger partial charge in [0, 0.05) is 34.2 Å². The summed E-state index contributed by atoms with van der Waals surface area (Å²) in [4.78, 5) is 0.298. The SMILES string of the molecule is [CH-]=C1CN(S(=O)(=O)c2ccc(C)cc2)CC1C(=C)c1ccccc1.[W]. The second kappa shape index (κ2) is 7.82. The zero-order valence-electron chi connectivity index (χ0n) is 14.1. The van der Waals surface area contributed by atoms with Crippen LogP contribution in [0.15, 0.2) is 71.6 Å². The second-order valence-corrected chi connectivity index (χ2v) is 8.07. The predicted octanol–water partition coefficient (Wildman–Crippen LogP) is 3.69. The third-order valence-electron chi connectivity index (χ3n) is 4.42. The van der Waals surface area contributed by atoms with E-state index in [9.17, 15) is 8.42 Å². The molecule has 1 atom stereocenters. The first-order valence-electron chi connectivity index (χ1n) is 7.82. The van der Waals surface area contributed by atoms with E-state index < -0.39 is 10.0 Å². The average Bonchev–Trinajstić information content (AvgIpc) is 2.98. The van der Waals surface area contributed by atoms with Crippen LogP contribution < -0.4 is 0 Å². The predicted molar refractivity (Wildman–Crippen MR) is 96.7 cm³/mol. The topological polar surface area (TPSA) is 37.4 Å². The van der Waals surface area contributed by atoms with Crippen LogP contribution in [0, 0.1) is 19.4 Å². The van der Waals surface area contributed by atoms with Gasteiger partial charge in [0.25, 0.3) is 0 Å². The quantitative estimate of drug-likeness (QED) is 0.575. The number of hydrogen-bond acceptors (Lipinski definition) is 2. The molecular formula is C20H20NO2SW-. The summed E-state index contributed by atoms with van der Waals surface area (Å²) in [7, 11) is -3.55. The van der Waals surface area contributed by atoms with Gasteiger partial charge < -0.3 is 6.58 Å². The van der Waals surface area contributed by atoms with Gasteiger partial charge in [-0.2, -0.15) is 4.31 Å². The summed E-state index contributed by atoms with van der Waals surface area (Å²) < 4.78 is 27.1. The number of rotatable bonds is 4. The monoisotopic (exact) mass is 522 g/mol. The van der Waals surface area contributed by atoms with Crippen LogP contribution in [0.1, 0.15) is 11.1 Å². The maximum atomic E-state index is 12.8. The van der Waals surface area contributed by atoms with Gasteiger partial charge in [-0.05, 0) is 36.1 Å². The summed E-state index contributed by atoms with van der Waals surface area (Å²) in [5.41, 5.74) is 3.51. The van der Waals surface area contributed by atoms with E-state index in [4.69, 9.17) is 6.58 Å². The molecule has 130 valence electrons. The summed E-state index contributed by atoms with van der Waals surface area (Å²) in [5.74, 6) is -0.160. The van der Waals surface area contributed by atoms with Crippen molar-refractivity contribution >= 4 is 15.6 Å². The summed E-state index contributed by atoms with van der Waals surface area (Å²) in [6.45, 7) is 12.8. The van der Waals surface area contributed by atoms with Crippen molar-refractivity contribution in [3.63, 3.8) is 0 Å². The maximum absolute atomic E-state index is 12.8. The van der Waals surface area contributed by atoms with E-state index in [0.717, 1.165) is 16.7 Å². The Morgan fingerprint density at radius 1 is 1.12 bits per heavy atom. The Bertz CT molecular complexity index is 874. The van der Waals surface area contributed by atoms with Crippen LogP contribution in [-0.2, 0) is 31.1 Å². The molecule has 0 radical (unpaired) electrons. The van der Waals surface area contributed by atoms with E-state index in [-0.39, 0.29) is 33.5 Å². The minimum atomic E-state index is -3.55. The smallest absolute Gasteiger partial charge is 0.243 e. The zero-order valence-corrected chi connectivity index (χ0v) is 17.8. The fraction of sp³-hybridized carbons (Fsp3) is 0.200. The van der Waals surface area contributed by atoms with Gasteiger partial charge in [0.05, 0.1) is 4.90 Å². The molecule has 0 aliphatic carbocycles. The third-order valence-corrected chi connectivity index (χ3v) is 6.24. The Kier molecular flexibility index (Phi) is 6.20. The van der Waals surface area contributed by atoms with Crippen LogP contribution >= 0.6 is 0 Å². The van der Waals surface area contributed by atoms with E-state index in [1.54, 1.807) is 24.3 Å². The van der Waals surface area contributed by atoms with Crippen LogP contribution in [0.3, 0.4) is 0 Å². The molecule has 1 fully saturated rings. The number of benzene rings is 2. The fourth-order valence-corrected chi connectivity index (χ4v) is 4.37. The molecule has 0 amide bonds. The van der Waals surface area contributed by atoms with E-state index >= 15 is 0 Å². The Labute approximate surface area is 164 Å². The van der Waals surface area contributed by atoms with Crippen LogP contribution in [0.25, 0.3) is 5.57 Å². The minimum Gasteiger partial charge on any atom is -0.513 e. The van der Waals surface area contributed by atoms with Gasteiger partial charge in [-0.1, -0.05) is 54.6 Å². The molecule has 0 N–H and O–H groups in total. The normalized spacial score (nSPS) is 18.0. The van der Waals surface area contributed by atoms with Gasteiger partial charge in [0.1, 0.15) is 0 Å². The van der Waals surface area contributed by atoms with Crippen molar-refractivity contribution in [2.24, 2.45) is 5.92 Å². The molecule has 5 heteroatoms. The van der Waals surface area contributed by atoms with E-state index in [2.05, 4.69) is 6.58 Å². The molecule has 2 aromatic rings. The molecule has 1 aliphatic heterocycles. The molecule has 3 nitrogen and oxygen atoms in total. The van der Waals surface area contributed by atoms with E-state index in [0.29, 0.717) is 17.0 Å². The number of hydrogen-bond donors (Lipinski definition) is 0. The summed E-state index contributed by atoms with van der Waals surface area (Å²) in [6, 6.07) is 16.6. The molecule has 0 aromatic heterocycles. The molecule has 0 saturated carbocycles. The fourth-order valence-electron chi connectivity index (χ4n) is 2.93. The molecule has 0 spiro atoms. The molecular weight excluding hydrogens is 502 g/mol. The van der Waals surface area contributed by atoms with Crippen molar-refractivity contribution in [3.05, 3.63) is 84.5 Å². The largest absolute Gasteiger partial charge is 0.513 e. The number of sulfonamides is 1. The molecule has 1 unspecified atom stereocenters. The Balaban J connectivity index is 0.00000225. The van der Waals surface area contributed by atoms with Gasteiger partial charge >= 0.3 is 0 Å². The van der Waals surface area contributed by atoms with Crippen molar-refractivity contribution in [2.45, 2.75) is 11.8 Å². The summed E-state index contributed by atoms with van der Waals surface area (Å²) >= 11 is 0. The molecule has 25 heavy (non-hydrogen) atoms. The van der Waals surface area contributed by atoms with Crippen molar-refractivity contribution in [1.29, 1.82) is 0 Å². The molecule has 2 aromatic carbocycles. The first kappa shape index (κ1) is 19.8. The van der Waals surface area contributed by atoms with Gasteiger partial charge in [0.2, 0.25) is 10.0 Å². The first-order chi connectivity index (χ1) is 11.4. The Morgan fingerprint density at radius 3 is 2.32 bits per heavy atom. The standard InChI is InChI=1S/C20H20NO2S.W/c1-15-9-11-19(12-10-15)24(22,23)21-13-16(2)20(14-21)17(3)18-7-5-4-6-8-18;/h2,4-12,20H,3,13-14H2,1H3;/q-1;. The third kappa shape index (κ3) is 4.03. The zero-order chi connectivity index (χ0) is 17.3. The molecule has 1 saturated heterocycles. The Morgan fingerprint density at radius 2 is 1.72 bits per heavy atom. The summed E-state index contributed by atoms with van der Waals surface area (Å²) in [5, 5.41) is 0. The van der Waals surface area contributed by atoms with E-state index in [1.807, 2.05) is 37.3 Å². The number of nitrogens with zero attached hydrogens (tertiary/aromatic N) is 1. The minimum absolute atomic E-state index is 0. The summed E-state index contributed by atoms with van der Waals surface area (Å²) in [6.07, 6.45) is 0. The van der Waals surface area contributed by atoms with Crippen LogP contribution in [0.4, 0.5) is 0 Å². The molecule has 3 rings (SSSR count). The van der Waals surface area contributed by atoms with Crippen molar-refractivity contribution < 1.29 is 29.5 Å².